The zero-order valence-corrected chi connectivity index (χ0v) is 18.4. The van der Waals surface area contributed by atoms with Crippen molar-refractivity contribution in [3.8, 4) is 5.75 Å². The lowest BCUT2D eigenvalue weighted by molar-refractivity contribution is 0.0984. The predicted molar refractivity (Wildman–Crippen MR) is 130 cm³/mol. The summed E-state index contributed by atoms with van der Waals surface area (Å²) in [5, 5.41) is 13.5. The maximum Gasteiger partial charge on any atom is 0.319 e. The van der Waals surface area contributed by atoms with Crippen LogP contribution >= 0.6 is 11.6 Å². The van der Waals surface area contributed by atoms with E-state index in [2.05, 4.69) is 4.98 Å². The first kappa shape index (κ1) is 19.9. The highest BCUT2D eigenvalue weighted by atomic mass is 35.5. The van der Waals surface area contributed by atoms with Gasteiger partial charge < -0.3 is 20.7 Å². The summed E-state index contributed by atoms with van der Waals surface area (Å²) >= 11 is 6.24. The van der Waals surface area contributed by atoms with Crippen molar-refractivity contribution in [3.63, 3.8) is 0 Å². The summed E-state index contributed by atoms with van der Waals surface area (Å²) in [6.45, 7) is 0.923. The number of urea groups is 1. The van der Waals surface area contributed by atoms with Crippen molar-refractivity contribution in [2.75, 3.05) is 28.8 Å². The van der Waals surface area contributed by atoms with Gasteiger partial charge in [0.2, 0.25) is 0 Å². The number of benzene rings is 3. The molecule has 0 spiro atoms. The molecule has 4 N–H and O–H groups in total. The minimum Gasteiger partial charge on any atom is -0.507 e. The number of aromatic nitrogens is 1. The number of rotatable bonds is 2. The summed E-state index contributed by atoms with van der Waals surface area (Å²) in [7, 11) is 0. The molecule has 0 fully saturated rings. The number of H-pyrrole nitrogens is 1. The number of aromatic hydroxyl groups is 1. The highest BCUT2D eigenvalue weighted by molar-refractivity contribution is 6.19. The minimum atomic E-state index is -0.479. The fourth-order valence-electron chi connectivity index (χ4n) is 5.29. The third-order valence-electron chi connectivity index (χ3n) is 6.84. The van der Waals surface area contributed by atoms with E-state index in [4.69, 9.17) is 17.3 Å². The van der Waals surface area contributed by atoms with Crippen molar-refractivity contribution in [2.24, 2.45) is 5.73 Å². The van der Waals surface area contributed by atoms with Gasteiger partial charge in [-0.05, 0) is 41.6 Å². The minimum absolute atomic E-state index is 0.159. The summed E-state index contributed by atoms with van der Waals surface area (Å²) in [5.41, 5.74) is 9.98. The molecule has 0 aliphatic carbocycles. The van der Waals surface area contributed by atoms with E-state index in [0.29, 0.717) is 42.3 Å². The van der Waals surface area contributed by atoms with Gasteiger partial charge in [-0.25, -0.2) is 4.79 Å². The molecule has 0 saturated heterocycles. The second kappa shape index (κ2) is 7.15. The first-order valence-electron chi connectivity index (χ1n) is 10.8. The topological polar surface area (TPSA) is 103 Å². The number of nitrogens with two attached hydrogens (primary N) is 1. The Hall–Kier alpha value is -3.71. The number of carbonyl (C=O) groups is 2. The maximum atomic E-state index is 13.6. The highest BCUT2D eigenvalue weighted by Crippen LogP contribution is 2.47. The molecule has 166 valence electrons. The standard InChI is InChI=1S/C25H21ClN4O3/c26-11-14-12-30(21-9-13-3-1-2-4-15(13)23(31)22(14)21)24(32)19-10-17-16-7-8-29(25(27)33)20(16)6-5-18(17)28-19/h1-6,9-10,14,28,31H,7-8,11-12H2,(H2,27,33). The number of fused-ring (bicyclic) bond motifs is 5. The molecule has 0 saturated carbocycles. The van der Waals surface area contributed by atoms with Crippen molar-refractivity contribution in [1.29, 1.82) is 0 Å². The van der Waals surface area contributed by atoms with Crippen LogP contribution in [0, 0.1) is 0 Å². The number of carbonyl (C=O) groups excluding carboxylic acids is 2. The Morgan fingerprint density at radius 3 is 2.70 bits per heavy atom. The summed E-state index contributed by atoms with van der Waals surface area (Å²) < 4.78 is 0. The van der Waals surface area contributed by atoms with Gasteiger partial charge in [0.15, 0.2) is 0 Å². The molecule has 0 bridgehead atoms. The van der Waals surface area contributed by atoms with Crippen molar-refractivity contribution in [2.45, 2.75) is 12.3 Å². The molecule has 3 heterocycles. The Kier molecular flexibility index (Phi) is 4.32. The van der Waals surface area contributed by atoms with E-state index in [9.17, 15) is 14.7 Å². The predicted octanol–water partition coefficient (Wildman–Crippen LogP) is 4.45. The van der Waals surface area contributed by atoms with Crippen LogP contribution in [-0.2, 0) is 6.42 Å². The Labute approximate surface area is 194 Å². The SMILES string of the molecule is NC(=O)N1CCc2c1ccc1[nH]c(C(=O)N3CC(CCl)c4c3cc3ccccc3c4O)cc21. The normalized spacial score (nSPS) is 17.1. The van der Waals surface area contributed by atoms with E-state index >= 15 is 0 Å². The summed E-state index contributed by atoms with van der Waals surface area (Å²) in [6, 6.07) is 14.6. The average Bonchev–Trinajstić information content (AvgIpc) is 3.52. The molecule has 4 aromatic rings. The molecule has 2 aliphatic rings. The first-order chi connectivity index (χ1) is 16.0. The number of hydrogen-bond acceptors (Lipinski definition) is 3. The van der Waals surface area contributed by atoms with Gasteiger partial charge in [-0.2, -0.15) is 0 Å². The lowest BCUT2D eigenvalue weighted by Crippen LogP contribution is -2.33. The summed E-state index contributed by atoms with van der Waals surface area (Å²) in [5.74, 6) is 0.137. The Balaban J connectivity index is 1.44. The van der Waals surface area contributed by atoms with Gasteiger partial charge in [0.05, 0.1) is 5.69 Å². The van der Waals surface area contributed by atoms with Crippen molar-refractivity contribution in [1.82, 2.24) is 4.98 Å². The highest BCUT2D eigenvalue weighted by Gasteiger charge is 2.36. The molecule has 3 amide bonds. The number of aromatic amines is 1. The monoisotopic (exact) mass is 460 g/mol. The number of anilines is 2. The molecular weight excluding hydrogens is 440 g/mol. The smallest absolute Gasteiger partial charge is 0.319 e. The van der Waals surface area contributed by atoms with Crippen LogP contribution in [0.15, 0.2) is 48.5 Å². The lowest BCUT2D eigenvalue weighted by Gasteiger charge is -2.17. The molecule has 8 heteroatoms. The van der Waals surface area contributed by atoms with E-state index < -0.39 is 6.03 Å². The van der Waals surface area contributed by atoms with Gasteiger partial charge in [0.25, 0.3) is 5.91 Å². The number of hydrogen-bond donors (Lipinski definition) is 3. The number of nitrogens with one attached hydrogen (secondary N) is 1. The van der Waals surface area contributed by atoms with Crippen LogP contribution in [0.5, 0.6) is 5.75 Å². The van der Waals surface area contributed by atoms with Crippen LogP contribution in [0.2, 0.25) is 0 Å². The number of primary amides is 1. The second-order valence-electron chi connectivity index (χ2n) is 8.59. The first-order valence-corrected chi connectivity index (χ1v) is 11.4. The van der Waals surface area contributed by atoms with Crippen molar-refractivity contribution < 1.29 is 14.7 Å². The van der Waals surface area contributed by atoms with Crippen LogP contribution in [-0.4, -0.2) is 41.0 Å². The molecule has 2 aliphatic heterocycles. The van der Waals surface area contributed by atoms with Crippen molar-refractivity contribution >= 4 is 56.6 Å². The maximum absolute atomic E-state index is 13.6. The Morgan fingerprint density at radius 2 is 1.91 bits per heavy atom. The van der Waals surface area contributed by atoms with E-state index in [1.807, 2.05) is 48.5 Å². The van der Waals surface area contributed by atoms with Crippen LogP contribution < -0.4 is 15.5 Å². The van der Waals surface area contributed by atoms with Crippen LogP contribution in [0.1, 0.15) is 27.5 Å². The van der Waals surface area contributed by atoms with Gasteiger partial charge in [-0.1, -0.05) is 24.3 Å². The molecule has 1 atom stereocenters. The van der Waals surface area contributed by atoms with E-state index in [0.717, 1.165) is 32.9 Å². The number of phenolic OH excluding ortho intramolecular Hbond substituents is 1. The fraction of sp³-hybridized carbons (Fsp3) is 0.200. The van der Waals surface area contributed by atoms with Crippen LogP contribution in [0.25, 0.3) is 21.7 Å². The molecule has 3 aromatic carbocycles. The lowest BCUT2D eigenvalue weighted by atomic mass is 9.97. The van der Waals surface area contributed by atoms with E-state index in [1.54, 1.807) is 9.80 Å². The fourth-order valence-corrected chi connectivity index (χ4v) is 5.54. The molecule has 1 unspecified atom stereocenters. The Bertz CT molecular complexity index is 1480. The summed E-state index contributed by atoms with van der Waals surface area (Å²) in [4.78, 5) is 31.9. The van der Waals surface area contributed by atoms with E-state index in [1.165, 1.54) is 0 Å². The molecule has 6 rings (SSSR count). The molecule has 33 heavy (non-hydrogen) atoms. The number of nitrogens with zero attached hydrogens (tertiary/aromatic N) is 2. The summed E-state index contributed by atoms with van der Waals surface area (Å²) in [6.07, 6.45) is 0.682. The molecule has 7 nitrogen and oxygen atoms in total. The zero-order valence-electron chi connectivity index (χ0n) is 17.6. The number of alkyl halides is 1. The molecule has 1 aromatic heterocycles. The third-order valence-corrected chi connectivity index (χ3v) is 7.21. The van der Waals surface area contributed by atoms with Crippen LogP contribution in [0.4, 0.5) is 16.2 Å². The zero-order chi connectivity index (χ0) is 22.9. The quantitative estimate of drug-likeness (QED) is 0.385. The van der Waals surface area contributed by atoms with Gasteiger partial charge in [-0.3, -0.25) is 9.69 Å². The molecular formula is C25H21ClN4O3. The van der Waals surface area contributed by atoms with Gasteiger partial charge in [0.1, 0.15) is 11.4 Å². The largest absolute Gasteiger partial charge is 0.507 e. The van der Waals surface area contributed by atoms with Gasteiger partial charge in [-0.15, -0.1) is 11.6 Å². The number of amides is 3. The van der Waals surface area contributed by atoms with Crippen LogP contribution in [0.3, 0.4) is 0 Å². The van der Waals surface area contributed by atoms with E-state index in [-0.39, 0.29) is 17.6 Å². The average molecular weight is 461 g/mol. The van der Waals surface area contributed by atoms with Crippen molar-refractivity contribution in [3.05, 3.63) is 65.4 Å². The van der Waals surface area contributed by atoms with Gasteiger partial charge >= 0.3 is 6.03 Å². The number of halogens is 1. The Morgan fingerprint density at radius 1 is 1.09 bits per heavy atom. The third kappa shape index (κ3) is 2.82. The number of phenols is 1. The van der Waals surface area contributed by atoms with Gasteiger partial charge in [0, 0.05) is 52.4 Å². The molecule has 0 radical (unpaired) electrons. The second-order valence-corrected chi connectivity index (χ2v) is 8.90.